The Morgan fingerprint density at radius 1 is 1.04 bits per heavy atom. The number of aliphatic hydroxyl groups is 1. The standard InChI is InChI=1S/C15H13FN2O3.CH3FO/c16-10-2-1-3-12(8-10)21-11-6-4-9(5-7-11)13(14(17)19)15(18)20;2-1-3/h1-8,13H,(H2,17,19)(H2,18,20);3H,1H2. The first-order valence-corrected chi connectivity index (χ1v) is 6.68. The lowest BCUT2D eigenvalue weighted by atomic mass is 9.98. The largest absolute Gasteiger partial charge is 0.457 e. The molecule has 0 unspecified atom stereocenters. The number of hydrogen-bond acceptors (Lipinski definition) is 4. The SMILES string of the molecule is NC(=O)C(C(N)=O)c1ccc(Oc2cccc(F)c2)cc1.OCF. The van der Waals surface area contributed by atoms with Crippen molar-refractivity contribution >= 4 is 11.8 Å². The minimum atomic E-state index is -1.25. The monoisotopic (exact) mass is 338 g/mol. The van der Waals surface area contributed by atoms with Crippen LogP contribution in [0.4, 0.5) is 8.78 Å². The number of carbonyl (C=O) groups is 2. The van der Waals surface area contributed by atoms with Gasteiger partial charge in [-0.2, -0.15) is 0 Å². The molecule has 0 aliphatic heterocycles. The molecule has 0 atom stereocenters. The molecule has 0 aliphatic carbocycles. The number of aliphatic hydroxyl groups excluding tert-OH is 1. The molecule has 6 nitrogen and oxygen atoms in total. The highest BCUT2D eigenvalue weighted by Gasteiger charge is 2.23. The van der Waals surface area contributed by atoms with E-state index < -0.39 is 30.4 Å². The van der Waals surface area contributed by atoms with Gasteiger partial charge in [0.25, 0.3) is 0 Å². The molecular weight excluding hydrogens is 322 g/mol. The Morgan fingerprint density at radius 2 is 1.58 bits per heavy atom. The quantitative estimate of drug-likeness (QED) is 0.718. The minimum Gasteiger partial charge on any atom is -0.457 e. The summed E-state index contributed by atoms with van der Waals surface area (Å²) in [5.74, 6) is -2.47. The molecule has 2 aromatic carbocycles. The lowest BCUT2D eigenvalue weighted by molar-refractivity contribution is -0.128. The summed E-state index contributed by atoms with van der Waals surface area (Å²) < 4.78 is 28.3. The predicted octanol–water partition coefficient (Wildman–Crippen LogP) is 1.58. The van der Waals surface area contributed by atoms with Gasteiger partial charge in [0.15, 0.2) is 6.86 Å². The Hall–Kier alpha value is -3.00. The molecule has 0 fully saturated rings. The Balaban J connectivity index is 0.000000891. The lowest BCUT2D eigenvalue weighted by Crippen LogP contribution is -2.32. The van der Waals surface area contributed by atoms with Crippen LogP contribution in [0.25, 0.3) is 0 Å². The van der Waals surface area contributed by atoms with Crippen molar-refractivity contribution < 1.29 is 28.2 Å². The number of carbonyl (C=O) groups excluding carboxylic acids is 2. The topological polar surface area (TPSA) is 116 Å². The Bertz CT molecular complexity index is 679. The average Bonchev–Trinajstić information content (AvgIpc) is 2.49. The van der Waals surface area contributed by atoms with Crippen LogP contribution in [0.3, 0.4) is 0 Å². The van der Waals surface area contributed by atoms with Crippen LogP contribution in [0.5, 0.6) is 11.5 Å². The highest BCUT2D eigenvalue weighted by Crippen LogP contribution is 2.24. The maximum Gasteiger partial charge on any atom is 0.234 e. The van der Waals surface area contributed by atoms with E-state index in [2.05, 4.69) is 0 Å². The molecule has 0 heterocycles. The van der Waals surface area contributed by atoms with Crippen molar-refractivity contribution in [2.75, 3.05) is 6.86 Å². The minimum absolute atomic E-state index is 0.337. The number of benzene rings is 2. The van der Waals surface area contributed by atoms with Crippen molar-refractivity contribution in [3.63, 3.8) is 0 Å². The van der Waals surface area contributed by atoms with Crippen LogP contribution in [-0.4, -0.2) is 23.8 Å². The van der Waals surface area contributed by atoms with E-state index in [9.17, 15) is 18.4 Å². The van der Waals surface area contributed by atoms with Crippen molar-refractivity contribution in [3.05, 3.63) is 59.9 Å². The number of hydrogen-bond donors (Lipinski definition) is 3. The van der Waals surface area contributed by atoms with Gasteiger partial charge >= 0.3 is 0 Å². The number of primary amides is 2. The summed E-state index contributed by atoms with van der Waals surface area (Å²) in [7, 11) is 0. The zero-order valence-corrected chi connectivity index (χ0v) is 12.5. The van der Waals surface area contributed by atoms with Gasteiger partial charge in [0.1, 0.15) is 23.2 Å². The van der Waals surface area contributed by atoms with E-state index in [0.29, 0.717) is 17.1 Å². The zero-order valence-electron chi connectivity index (χ0n) is 12.5. The van der Waals surface area contributed by atoms with E-state index in [0.717, 1.165) is 0 Å². The van der Waals surface area contributed by atoms with E-state index >= 15 is 0 Å². The highest BCUT2D eigenvalue weighted by molar-refractivity contribution is 6.04. The maximum absolute atomic E-state index is 13.0. The number of alkyl halides is 1. The van der Waals surface area contributed by atoms with Gasteiger partial charge in [-0.05, 0) is 29.8 Å². The summed E-state index contributed by atoms with van der Waals surface area (Å²) in [4.78, 5) is 22.4. The second-order valence-electron chi connectivity index (χ2n) is 4.49. The van der Waals surface area contributed by atoms with Crippen molar-refractivity contribution in [2.45, 2.75) is 5.92 Å². The van der Waals surface area contributed by atoms with Crippen LogP contribution in [-0.2, 0) is 9.59 Å². The molecule has 24 heavy (non-hydrogen) atoms. The number of amides is 2. The first-order chi connectivity index (χ1) is 11.4. The van der Waals surface area contributed by atoms with Gasteiger partial charge in [-0.3, -0.25) is 9.59 Å². The van der Waals surface area contributed by atoms with Gasteiger partial charge in [0.05, 0.1) is 0 Å². The third-order valence-electron chi connectivity index (χ3n) is 2.81. The first-order valence-electron chi connectivity index (χ1n) is 6.68. The van der Waals surface area contributed by atoms with Crippen LogP contribution in [0.2, 0.25) is 0 Å². The molecule has 2 amide bonds. The summed E-state index contributed by atoms with van der Waals surface area (Å²) in [6.07, 6.45) is 0. The van der Waals surface area contributed by atoms with E-state index in [4.69, 9.17) is 21.3 Å². The van der Waals surface area contributed by atoms with Gasteiger partial charge in [-0.25, -0.2) is 8.78 Å². The molecule has 0 spiro atoms. The zero-order chi connectivity index (χ0) is 18.1. The predicted molar refractivity (Wildman–Crippen MR) is 82.2 cm³/mol. The van der Waals surface area contributed by atoms with Crippen LogP contribution in [0.1, 0.15) is 11.5 Å². The Kier molecular flexibility index (Phi) is 7.31. The summed E-state index contributed by atoms with van der Waals surface area (Å²) >= 11 is 0. The van der Waals surface area contributed by atoms with E-state index in [-0.39, 0.29) is 0 Å². The summed E-state index contributed by atoms with van der Waals surface area (Å²) in [6.45, 7) is -1.25. The van der Waals surface area contributed by atoms with E-state index in [1.165, 1.54) is 30.3 Å². The fourth-order valence-electron chi connectivity index (χ4n) is 1.86. The molecule has 0 saturated heterocycles. The second-order valence-corrected chi connectivity index (χ2v) is 4.49. The third-order valence-corrected chi connectivity index (χ3v) is 2.81. The van der Waals surface area contributed by atoms with Crippen molar-refractivity contribution in [1.82, 2.24) is 0 Å². The number of ether oxygens (including phenoxy) is 1. The van der Waals surface area contributed by atoms with Crippen LogP contribution in [0.15, 0.2) is 48.5 Å². The summed E-state index contributed by atoms with van der Waals surface area (Å²) in [5, 5.41) is 6.90. The Labute approximate surface area is 136 Å². The van der Waals surface area contributed by atoms with Gasteiger partial charge in [0.2, 0.25) is 11.8 Å². The molecule has 5 N–H and O–H groups in total. The van der Waals surface area contributed by atoms with Gasteiger partial charge in [0, 0.05) is 6.07 Å². The Morgan fingerprint density at radius 3 is 2.04 bits per heavy atom. The summed E-state index contributed by atoms with van der Waals surface area (Å²) in [5.41, 5.74) is 10.6. The fraction of sp³-hybridized carbons (Fsp3) is 0.125. The van der Waals surface area contributed by atoms with Crippen molar-refractivity contribution in [2.24, 2.45) is 11.5 Å². The molecule has 2 rings (SSSR count). The van der Waals surface area contributed by atoms with Crippen LogP contribution < -0.4 is 16.2 Å². The molecule has 0 radical (unpaired) electrons. The second kappa shape index (κ2) is 9.21. The third kappa shape index (κ3) is 5.65. The first kappa shape index (κ1) is 19.0. The van der Waals surface area contributed by atoms with Crippen molar-refractivity contribution in [1.29, 1.82) is 0 Å². The van der Waals surface area contributed by atoms with E-state index in [1.807, 2.05) is 0 Å². The molecule has 2 aromatic rings. The molecule has 8 heteroatoms. The average molecular weight is 338 g/mol. The molecule has 0 bridgehead atoms. The molecule has 0 aliphatic rings. The maximum atomic E-state index is 13.0. The van der Waals surface area contributed by atoms with Crippen molar-refractivity contribution in [3.8, 4) is 11.5 Å². The smallest absolute Gasteiger partial charge is 0.234 e. The molecule has 0 aromatic heterocycles. The molecule has 0 saturated carbocycles. The van der Waals surface area contributed by atoms with Crippen LogP contribution in [0, 0.1) is 5.82 Å². The lowest BCUT2D eigenvalue weighted by Gasteiger charge is -2.11. The fourth-order valence-corrected chi connectivity index (χ4v) is 1.86. The van der Waals surface area contributed by atoms with Crippen LogP contribution >= 0.6 is 0 Å². The normalized spacial score (nSPS) is 9.83. The molecular formula is C16H16F2N2O4. The number of nitrogens with two attached hydrogens (primary N) is 2. The van der Waals surface area contributed by atoms with Gasteiger partial charge in [-0.1, -0.05) is 18.2 Å². The van der Waals surface area contributed by atoms with Gasteiger partial charge in [-0.15, -0.1) is 0 Å². The number of rotatable bonds is 5. The summed E-state index contributed by atoms with van der Waals surface area (Å²) in [6, 6.07) is 11.8. The highest BCUT2D eigenvalue weighted by atomic mass is 19.1. The number of halogens is 2. The molecule has 128 valence electrons. The van der Waals surface area contributed by atoms with E-state index in [1.54, 1.807) is 18.2 Å². The van der Waals surface area contributed by atoms with Gasteiger partial charge < -0.3 is 21.3 Å².